The Balaban J connectivity index is 1.25. The molecule has 0 radical (unpaired) electrons. The summed E-state index contributed by atoms with van der Waals surface area (Å²) in [6.45, 7) is 8.03. The molecule has 2 saturated heterocycles. The minimum Gasteiger partial charge on any atom is -0.312 e. The highest BCUT2D eigenvalue weighted by molar-refractivity contribution is 7.92. The molecule has 10 heteroatoms. The lowest BCUT2D eigenvalue weighted by molar-refractivity contribution is -0.125. The van der Waals surface area contributed by atoms with Crippen LogP contribution >= 0.6 is 0 Å². The Morgan fingerprint density at radius 3 is 2.34 bits per heavy atom. The number of nitrogens with one attached hydrogen (secondary N) is 2. The second-order valence-electron chi connectivity index (χ2n) is 11.4. The van der Waals surface area contributed by atoms with Crippen LogP contribution in [-0.2, 0) is 14.8 Å². The third kappa shape index (κ3) is 5.31. The molecule has 1 spiro atoms. The van der Waals surface area contributed by atoms with Crippen molar-refractivity contribution in [2.24, 2.45) is 16.8 Å². The van der Waals surface area contributed by atoms with Crippen molar-refractivity contribution in [1.82, 2.24) is 20.1 Å². The first kappa shape index (κ1) is 27.0. The summed E-state index contributed by atoms with van der Waals surface area (Å²) in [5, 5.41) is 5.92. The molecular formula is C28H39N5O4S. The summed E-state index contributed by atoms with van der Waals surface area (Å²) in [6.07, 6.45) is 7.72. The highest BCUT2D eigenvalue weighted by atomic mass is 32.2. The summed E-state index contributed by atoms with van der Waals surface area (Å²) >= 11 is 0. The van der Waals surface area contributed by atoms with Gasteiger partial charge >= 0.3 is 0 Å². The molecule has 0 aromatic heterocycles. The Hall–Kier alpha value is -2.56. The molecular weight excluding hydrogens is 502 g/mol. The van der Waals surface area contributed by atoms with Gasteiger partial charge in [-0.2, -0.15) is 4.31 Å². The minimum absolute atomic E-state index is 0.0705. The molecule has 0 atom stereocenters. The first-order valence-corrected chi connectivity index (χ1v) is 15.3. The maximum Gasteiger partial charge on any atom is 0.267 e. The fraction of sp³-hybridized carbons (Fsp3) is 0.607. The molecule has 1 saturated carbocycles. The molecule has 0 bridgehead atoms. The van der Waals surface area contributed by atoms with Gasteiger partial charge in [-0.05, 0) is 86.8 Å². The van der Waals surface area contributed by atoms with Gasteiger partial charge in [0.2, 0.25) is 10.0 Å². The predicted molar refractivity (Wildman–Crippen MR) is 148 cm³/mol. The van der Waals surface area contributed by atoms with Crippen LogP contribution in [0.4, 0.5) is 0 Å². The topological polar surface area (TPSA) is 111 Å². The Morgan fingerprint density at radius 1 is 1.08 bits per heavy atom. The zero-order valence-electron chi connectivity index (χ0n) is 22.6. The number of amidine groups is 1. The highest BCUT2D eigenvalue weighted by Crippen LogP contribution is 2.36. The van der Waals surface area contributed by atoms with E-state index in [9.17, 15) is 18.0 Å². The third-order valence-electron chi connectivity index (χ3n) is 8.66. The molecule has 2 amide bonds. The number of piperidine rings is 1. The van der Waals surface area contributed by atoms with E-state index in [0.29, 0.717) is 30.9 Å². The van der Waals surface area contributed by atoms with E-state index in [1.54, 1.807) is 11.1 Å². The lowest BCUT2D eigenvalue weighted by Crippen LogP contribution is -2.50. The van der Waals surface area contributed by atoms with Crippen LogP contribution in [0.5, 0.6) is 0 Å². The number of carbonyl (C=O) groups is 2. The first-order chi connectivity index (χ1) is 18.1. The molecule has 206 valence electrons. The molecule has 3 fully saturated rings. The average molecular weight is 542 g/mol. The Bertz CT molecular complexity index is 1240. The molecule has 5 rings (SSSR count). The van der Waals surface area contributed by atoms with Crippen molar-refractivity contribution in [3.8, 4) is 0 Å². The monoisotopic (exact) mass is 541 g/mol. The van der Waals surface area contributed by atoms with E-state index in [-0.39, 0.29) is 24.9 Å². The molecule has 4 aliphatic rings. The predicted octanol–water partition coefficient (Wildman–Crippen LogP) is 3.14. The quantitative estimate of drug-likeness (QED) is 0.595. The van der Waals surface area contributed by atoms with Crippen LogP contribution in [0.1, 0.15) is 78.9 Å². The van der Waals surface area contributed by atoms with Gasteiger partial charge in [-0.1, -0.05) is 19.8 Å². The number of rotatable bonds is 5. The maximum absolute atomic E-state index is 13.2. The van der Waals surface area contributed by atoms with Crippen molar-refractivity contribution in [2.45, 2.75) is 71.3 Å². The van der Waals surface area contributed by atoms with Gasteiger partial charge in [0.25, 0.3) is 11.8 Å². The molecule has 38 heavy (non-hydrogen) atoms. The van der Waals surface area contributed by atoms with Crippen molar-refractivity contribution in [1.29, 1.82) is 0 Å². The number of amides is 2. The molecule has 3 aliphatic heterocycles. The number of aliphatic imine (C=N–C) groups is 1. The SMILES string of the molecule is Cc1cc(C(=O)N2CCCN2)cc(C)c1C=CS(=O)(=O)N1CCC2(CC1)N=C(C1CCC(C)CC1)NC2=O. The highest BCUT2D eigenvalue weighted by Gasteiger charge is 2.48. The number of hydrazine groups is 1. The molecule has 9 nitrogen and oxygen atoms in total. The summed E-state index contributed by atoms with van der Waals surface area (Å²) in [7, 11) is -3.67. The van der Waals surface area contributed by atoms with Gasteiger partial charge in [-0.25, -0.2) is 13.8 Å². The van der Waals surface area contributed by atoms with Crippen molar-refractivity contribution >= 4 is 33.7 Å². The summed E-state index contributed by atoms with van der Waals surface area (Å²) in [5.41, 5.74) is 5.32. The lowest BCUT2D eigenvalue weighted by Gasteiger charge is -2.34. The zero-order chi connectivity index (χ0) is 27.1. The molecule has 1 aliphatic carbocycles. The van der Waals surface area contributed by atoms with Gasteiger partial charge in [-0.3, -0.25) is 19.6 Å². The fourth-order valence-corrected chi connectivity index (χ4v) is 7.35. The number of benzene rings is 1. The smallest absolute Gasteiger partial charge is 0.267 e. The summed E-state index contributed by atoms with van der Waals surface area (Å²) in [4.78, 5) is 30.5. The number of hydrogen-bond acceptors (Lipinski definition) is 6. The van der Waals surface area contributed by atoms with E-state index in [0.717, 1.165) is 67.1 Å². The number of hydrogen-bond donors (Lipinski definition) is 2. The summed E-state index contributed by atoms with van der Waals surface area (Å²) < 4.78 is 27.8. The van der Waals surface area contributed by atoms with E-state index < -0.39 is 15.6 Å². The van der Waals surface area contributed by atoms with E-state index in [1.165, 1.54) is 9.71 Å². The molecule has 3 heterocycles. The van der Waals surface area contributed by atoms with Crippen LogP contribution in [0.15, 0.2) is 22.5 Å². The number of aryl methyl sites for hydroxylation is 2. The number of carbonyl (C=O) groups excluding carboxylic acids is 2. The lowest BCUT2D eigenvalue weighted by atomic mass is 9.82. The number of sulfonamides is 1. The van der Waals surface area contributed by atoms with Crippen molar-refractivity contribution in [3.63, 3.8) is 0 Å². The molecule has 1 aromatic rings. The average Bonchev–Trinajstić information content (AvgIpc) is 3.53. The zero-order valence-corrected chi connectivity index (χ0v) is 23.4. The van der Waals surface area contributed by atoms with Gasteiger partial charge in [0, 0.05) is 43.1 Å². The number of nitrogens with zero attached hydrogens (tertiary/aromatic N) is 3. The fourth-order valence-electron chi connectivity index (χ4n) is 6.18. The van der Waals surface area contributed by atoms with Gasteiger partial charge in [0.1, 0.15) is 11.4 Å². The van der Waals surface area contributed by atoms with Crippen LogP contribution in [-0.4, -0.2) is 67.1 Å². The van der Waals surface area contributed by atoms with Gasteiger partial charge in [0.05, 0.1) is 0 Å². The third-order valence-corrected chi connectivity index (χ3v) is 10.2. The van der Waals surface area contributed by atoms with Crippen molar-refractivity contribution < 1.29 is 18.0 Å². The van der Waals surface area contributed by atoms with E-state index in [2.05, 4.69) is 17.7 Å². The van der Waals surface area contributed by atoms with Crippen molar-refractivity contribution in [3.05, 3.63) is 39.8 Å². The molecule has 2 N–H and O–H groups in total. The van der Waals surface area contributed by atoms with Gasteiger partial charge in [-0.15, -0.1) is 0 Å². The van der Waals surface area contributed by atoms with Crippen LogP contribution in [0.25, 0.3) is 6.08 Å². The molecule has 1 aromatic carbocycles. The second kappa shape index (κ2) is 10.5. The van der Waals surface area contributed by atoms with E-state index >= 15 is 0 Å². The Kier molecular flexibility index (Phi) is 7.50. The Morgan fingerprint density at radius 2 is 1.74 bits per heavy atom. The van der Waals surface area contributed by atoms with Crippen LogP contribution in [0.3, 0.4) is 0 Å². The van der Waals surface area contributed by atoms with Gasteiger partial charge in [0.15, 0.2) is 0 Å². The largest absolute Gasteiger partial charge is 0.312 e. The Labute approximate surface area is 225 Å². The summed E-state index contributed by atoms with van der Waals surface area (Å²) in [5.74, 6) is 1.69. The normalized spacial score (nSPS) is 26.2. The minimum atomic E-state index is -3.67. The van der Waals surface area contributed by atoms with Crippen LogP contribution in [0, 0.1) is 25.7 Å². The van der Waals surface area contributed by atoms with Crippen LogP contribution < -0.4 is 10.7 Å². The van der Waals surface area contributed by atoms with Gasteiger partial charge < -0.3 is 5.32 Å². The van der Waals surface area contributed by atoms with E-state index in [1.807, 2.05) is 26.0 Å². The summed E-state index contributed by atoms with van der Waals surface area (Å²) in [6, 6.07) is 3.63. The second-order valence-corrected chi connectivity index (χ2v) is 13.2. The molecule has 0 unspecified atom stereocenters. The van der Waals surface area contributed by atoms with Crippen molar-refractivity contribution in [2.75, 3.05) is 26.2 Å². The maximum atomic E-state index is 13.2. The standard InChI is InChI=1S/C28H39N5O4S/c1-19-5-7-22(8-6-19)25-30-27(35)28(31-25)10-14-32(15-11-28)38(36,37)16-9-24-20(2)17-23(18-21(24)3)26(34)33-13-4-12-29-33/h9,16-19,22,29H,4-8,10-15H2,1-3H3,(H,30,31,35). The first-order valence-electron chi connectivity index (χ1n) is 13.8. The van der Waals surface area contributed by atoms with Crippen LogP contribution in [0.2, 0.25) is 0 Å². The van der Waals surface area contributed by atoms with E-state index in [4.69, 9.17) is 4.99 Å².